The molecule has 4 nitrogen and oxygen atoms in total. The maximum atomic E-state index is 11.8. The van der Waals surface area contributed by atoms with E-state index in [4.69, 9.17) is 22.1 Å². The summed E-state index contributed by atoms with van der Waals surface area (Å²) in [5, 5.41) is 3.32. The first kappa shape index (κ1) is 14.2. The predicted octanol–water partition coefficient (Wildman–Crippen LogP) is 3.32. The number of anilines is 1. The Morgan fingerprint density at radius 2 is 2.32 bits per heavy atom. The maximum absolute atomic E-state index is 11.8. The fourth-order valence-electron chi connectivity index (χ4n) is 2.38. The number of hydrogen-bond acceptors (Lipinski definition) is 3. The predicted molar refractivity (Wildman–Crippen MR) is 76.5 cm³/mol. The molecule has 0 aliphatic heterocycles. The van der Waals surface area contributed by atoms with Crippen LogP contribution in [0.5, 0.6) is 0 Å². The average Bonchev–Trinajstić information content (AvgIpc) is 2.81. The summed E-state index contributed by atoms with van der Waals surface area (Å²) in [5.41, 5.74) is 7.27. The Bertz CT molecular complexity index is 465. The van der Waals surface area contributed by atoms with E-state index in [1.54, 1.807) is 12.1 Å². The number of carbonyl (C=O) groups is 1. The van der Waals surface area contributed by atoms with Crippen molar-refractivity contribution in [1.29, 1.82) is 0 Å². The van der Waals surface area contributed by atoms with Gasteiger partial charge in [-0.1, -0.05) is 17.7 Å². The zero-order chi connectivity index (χ0) is 13.8. The van der Waals surface area contributed by atoms with E-state index in [2.05, 4.69) is 5.32 Å². The monoisotopic (exact) mass is 282 g/mol. The normalized spacial score (nSPS) is 22.3. The Morgan fingerprint density at radius 1 is 1.53 bits per heavy atom. The van der Waals surface area contributed by atoms with Crippen LogP contribution in [0, 0.1) is 12.8 Å². The number of nitrogens with one attached hydrogen (secondary N) is 1. The van der Waals surface area contributed by atoms with Gasteiger partial charge in [0.15, 0.2) is 0 Å². The van der Waals surface area contributed by atoms with Crippen LogP contribution in [-0.2, 0) is 4.74 Å². The molecule has 3 N–H and O–H groups in total. The third-order valence-electron chi connectivity index (χ3n) is 3.57. The number of carbonyl (C=O) groups excluding carboxylic acids is 1. The molecule has 0 aromatic heterocycles. The largest absolute Gasteiger partial charge is 0.446 e. The van der Waals surface area contributed by atoms with Crippen molar-refractivity contribution in [2.24, 2.45) is 11.7 Å². The highest BCUT2D eigenvalue weighted by atomic mass is 35.5. The molecule has 1 aromatic rings. The smallest absolute Gasteiger partial charge is 0.411 e. The first-order chi connectivity index (χ1) is 9.10. The van der Waals surface area contributed by atoms with Crippen LogP contribution in [0.15, 0.2) is 18.2 Å². The Labute approximate surface area is 118 Å². The molecule has 0 radical (unpaired) electrons. The fraction of sp³-hybridized carbons (Fsp3) is 0.500. The summed E-state index contributed by atoms with van der Waals surface area (Å²) in [4.78, 5) is 11.8. The minimum absolute atomic E-state index is 0.0640. The van der Waals surface area contributed by atoms with Crippen LogP contribution in [-0.4, -0.2) is 18.7 Å². The van der Waals surface area contributed by atoms with E-state index in [1.807, 2.05) is 13.0 Å². The Kier molecular flexibility index (Phi) is 4.66. The molecular weight excluding hydrogens is 264 g/mol. The number of hydrogen-bond donors (Lipinski definition) is 2. The van der Waals surface area contributed by atoms with E-state index in [0.29, 0.717) is 17.3 Å². The van der Waals surface area contributed by atoms with Crippen LogP contribution >= 0.6 is 11.6 Å². The topological polar surface area (TPSA) is 64.3 Å². The molecule has 1 saturated carbocycles. The second-order valence-corrected chi connectivity index (χ2v) is 5.37. The van der Waals surface area contributed by atoms with E-state index in [0.717, 1.165) is 24.8 Å². The highest BCUT2D eigenvalue weighted by molar-refractivity contribution is 6.31. The molecule has 5 heteroatoms. The molecule has 104 valence electrons. The SMILES string of the molecule is Cc1ccc(NC(=O)OC2CCCC2CN)cc1Cl. The van der Waals surface area contributed by atoms with E-state index < -0.39 is 6.09 Å². The molecule has 19 heavy (non-hydrogen) atoms. The average molecular weight is 283 g/mol. The number of halogens is 1. The van der Waals surface area contributed by atoms with Crippen molar-refractivity contribution < 1.29 is 9.53 Å². The highest BCUT2D eigenvalue weighted by Crippen LogP contribution is 2.28. The first-order valence-electron chi connectivity index (χ1n) is 6.54. The highest BCUT2D eigenvalue weighted by Gasteiger charge is 2.29. The summed E-state index contributed by atoms with van der Waals surface area (Å²) in [5.74, 6) is 0.285. The van der Waals surface area contributed by atoms with Crippen molar-refractivity contribution in [3.8, 4) is 0 Å². The summed E-state index contributed by atoms with van der Waals surface area (Å²) in [6, 6.07) is 5.38. The Hall–Kier alpha value is -1.26. The first-order valence-corrected chi connectivity index (χ1v) is 6.92. The molecule has 1 fully saturated rings. The van der Waals surface area contributed by atoms with Gasteiger partial charge in [-0.15, -0.1) is 0 Å². The molecule has 1 aliphatic carbocycles. The summed E-state index contributed by atoms with van der Waals surface area (Å²) >= 11 is 6.00. The molecule has 1 amide bonds. The van der Waals surface area contributed by atoms with E-state index in [9.17, 15) is 4.79 Å². The van der Waals surface area contributed by atoms with Crippen molar-refractivity contribution >= 4 is 23.4 Å². The number of rotatable bonds is 3. The van der Waals surface area contributed by atoms with Gasteiger partial charge in [0, 0.05) is 16.6 Å². The van der Waals surface area contributed by atoms with Crippen molar-refractivity contribution in [3.63, 3.8) is 0 Å². The van der Waals surface area contributed by atoms with Crippen LogP contribution in [0.1, 0.15) is 24.8 Å². The van der Waals surface area contributed by atoms with E-state index in [-0.39, 0.29) is 12.0 Å². The lowest BCUT2D eigenvalue weighted by molar-refractivity contribution is 0.0893. The zero-order valence-corrected chi connectivity index (χ0v) is 11.7. The second kappa shape index (κ2) is 6.26. The lowest BCUT2D eigenvalue weighted by atomic mass is 10.1. The van der Waals surface area contributed by atoms with Crippen molar-refractivity contribution in [2.45, 2.75) is 32.3 Å². The molecule has 2 unspecified atom stereocenters. The van der Waals surface area contributed by atoms with Crippen molar-refractivity contribution in [1.82, 2.24) is 0 Å². The third-order valence-corrected chi connectivity index (χ3v) is 3.98. The van der Waals surface area contributed by atoms with E-state index >= 15 is 0 Å². The molecule has 0 saturated heterocycles. The second-order valence-electron chi connectivity index (χ2n) is 4.96. The lowest BCUT2D eigenvalue weighted by Gasteiger charge is -2.18. The molecule has 1 aliphatic rings. The van der Waals surface area contributed by atoms with Gasteiger partial charge in [0.05, 0.1) is 0 Å². The third kappa shape index (κ3) is 3.61. The van der Waals surface area contributed by atoms with Gasteiger partial charge in [0.25, 0.3) is 0 Å². The van der Waals surface area contributed by atoms with Gasteiger partial charge < -0.3 is 10.5 Å². The quantitative estimate of drug-likeness (QED) is 0.894. The van der Waals surface area contributed by atoms with Gasteiger partial charge in [0.1, 0.15) is 6.10 Å². The van der Waals surface area contributed by atoms with Crippen LogP contribution < -0.4 is 11.1 Å². The fourth-order valence-corrected chi connectivity index (χ4v) is 2.56. The lowest BCUT2D eigenvalue weighted by Crippen LogP contribution is -2.29. The molecule has 2 atom stereocenters. The van der Waals surface area contributed by atoms with Gasteiger partial charge in [-0.05, 0) is 50.4 Å². The molecule has 2 rings (SSSR count). The molecule has 1 aromatic carbocycles. The van der Waals surface area contributed by atoms with Crippen LogP contribution in [0.25, 0.3) is 0 Å². The summed E-state index contributed by atoms with van der Waals surface area (Å²) < 4.78 is 5.42. The van der Waals surface area contributed by atoms with Gasteiger partial charge in [-0.25, -0.2) is 4.79 Å². The van der Waals surface area contributed by atoms with E-state index in [1.165, 1.54) is 0 Å². The number of aryl methyl sites for hydroxylation is 1. The van der Waals surface area contributed by atoms with Crippen molar-refractivity contribution in [3.05, 3.63) is 28.8 Å². The summed E-state index contributed by atoms with van der Waals surface area (Å²) in [6.07, 6.45) is 2.49. The van der Waals surface area contributed by atoms with Crippen LogP contribution in [0.4, 0.5) is 10.5 Å². The Morgan fingerprint density at radius 3 is 3.00 bits per heavy atom. The molecule has 0 heterocycles. The van der Waals surface area contributed by atoms with Gasteiger partial charge in [-0.2, -0.15) is 0 Å². The van der Waals surface area contributed by atoms with Crippen LogP contribution in [0.3, 0.4) is 0 Å². The molecular formula is C14H19ClN2O2. The Balaban J connectivity index is 1.92. The van der Waals surface area contributed by atoms with Gasteiger partial charge >= 0.3 is 6.09 Å². The van der Waals surface area contributed by atoms with Crippen molar-refractivity contribution in [2.75, 3.05) is 11.9 Å². The number of amides is 1. The minimum atomic E-state index is -0.440. The molecule has 0 bridgehead atoms. The summed E-state index contributed by atoms with van der Waals surface area (Å²) in [6.45, 7) is 2.48. The molecule has 0 spiro atoms. The van der Waals surface area contributed by atoms with Gasteiger partial charge in [0.2, 0.25) is 0 Å². The number of ether oxygens (including phenoxy) is 1. The maximum Gasteiger partial charge on any atom is 0.411 e. The number of benzene rings is 1. The number of nitrogens with two attached hydrogens (primary N) is 1. The van der Waals surface area contributed by atoms with Gasteiger partial charge in [-0.3, -0.25) is 5.32 Å². The standard InChI is InChI=1S/C14H19ClN2O2/c1-9-5-6-11(7-12(9)15)17-14(18)19-13-4-2-3-10(13)8-16/h5-7,10,13H,2-4,8,16H2,1H3,(H,17,18). The minimum Gasteiger partial charge on any atom is -0.446 e. The van der Waals surface area contributed by atoms with Crippen LogP contribution in [0.2, 0.25) is 5.02 Å². The summed E-state index contributed by atoms with van der Waals surface area (Å²) in [7, 11) is 0. The zero-order valence-electron chi connectivity index (χ0n) is 11.0.